The molecule has 108 valence electrons. The normalized spacial score (nSPS) is 10.5. The fraction of sp³-hybridized carbons (Fsp3) is 0.222. The number of carboxylic acid groups (broad SMARTS) is 1. The van der Waals surface area contributed by atoms with Crippen LogP contribution in [0.4, 0.5) is 0 Å². The van der Waals surface area contributed by atoms with Crippen molar-refractivity contribution in [2.45, 2.75) is 27.7 Å². The summed E-state index contributed by atoms with van der Waals surface area (Å²) in [6, 6.07) is 8.96. The second-order valence-electron chi connectivity index (χ2n) is 5.38. The fourth-order valence-electron chi connectivity index (χ4n) is 2.41. The Morgan fingerprint density at radius 3 is 1.81 bits per heavy atom. The zero-order chi connectivity index (χ0) is 15.7. The highest BCUT2D eigenvalue weighted by Gasteiger charge is 2.22. The Labute approximate surface area is 124 Å². The first-order valence-corrected chi connectivity index (χ1v) is 6.78. The Morgan fingerprint density at radius 1 is 0.762 bits per heavy atom. The fourth-order valence-corrected chi connectivity index (χ4v) is 2.41. The molecular weight excluding hydrogens is 264 g/mol. The second kappa shape index (κ2) is 5.52. The molecule has 21 heavy (non-hydrogen) atoms. The van der Waals surface area contributed by atoms with Crippen molar-refractivity contribution in [3.63, 3.8) is 0 Å². The molecule has 0 radical (unpaired) electrons. The monoisotopic (exact) mass is 282 g/mol. The molecule has 0 unspecified atom stereocenters. The van der Waals surface area contributed by atoms with Crippen LogP contribution in [-0.4, -0.2) is 16.9 Å². The molecule has 2 rings (SSSR count). The van der Waals surface area contributed by atoms with E-state index < -0.39 is 5.97 Å². The third kappa shape index (κ3) is 2.72. The molecule has 2 aromatic carbocycles. The summed E-state index contributed by atoms with van der Waals surface area (Å²) < 4.78 is 0. The average molecular weight is 282 g/mol. The van der Waals surface area contributed by atoms with Gasteiger partial charge in [-0.3, -0.25) is 4.79 Å². The molecule has 0 bridgehead atoms. The van der Waals surface area contributed by atoms with Gasteiger partial charge in [0.05, 0.1) is 5.56 Å². The third-order valence-electron chi connectivity index (χ3n) is 3.83. The van der Waals surface area contributed by atoms with Crippen LogP contribution in [-0.2, 0) is 0 Å². The number of rotatable bonds is 3. The van der Waals surface area contributed by atoms with Crippen LogP contribution in [0.2, 0.25) is 0 Å². The minimum absolute atomic E-state index is 0.0956. The first kappa shape index (κ1) is 15.0. The second-order valence-corrected chi connectivity index (χ2v) is 5.38. The van der Waals surface area contributed by atoms with Gasteiger partial charge in [-0.25, -0.2) is 4.79 Å². The summed E-state index contributed by atoms with van der Waals surface area (Å²) in [5.41, 5.74) is 4.30. The number of aromatic carboxylic acids is 1. The quantitative estimate of drug-likeness (QED) is 0.870. The first-order chi connectivity index (χ1) is 9.82. The van der Waals surface area contributed by atoms with E-state index in [1.807, 2.05) is 26.0 Å². The maximum atomic E-state index is 12.7. The van der Waals surface area contributed by atoms with E-state index in [1.54, 1.807) is 32.0 Å². The van der Waals surface area contributed by atoms with Crippen LogP contribution in [0.15, 0.2) is 30.3 Å². The Kier molecular flexibility index (Phi) is 3.94. The van der Waals surface area contributed by atoms with Gasteiger partial charge in [0.2, 0.25) is 0 Å². The predicted molar refractivity (Wildman–Crippen MR) is 82.2 cm³/mol. The summed E-state index contributed by atoms with van der Waals surface area (Å²) >= 11 is 0. The molecule has 0 aliphatic heterocycles. The summed E-state index contributed by atoms with van der Waals surface area (Å²) in [5, 5.41) is 9.41. The minimum atomic E-state index is -1.07. The van der Waals surface area contributed by atoms with Crippen molar-refractivity contribution >= 4 is 11.8 Å². The predicted octanol–water partition coefficient (Wildman–Crippen LogP) is 3.85. The molecule has 0 amide bonds. The zero-order valence-electron chi connectivity index (χ0n) is 12.7. The molecule has 1 N–H and O–H groups in total. The number of aryl methyl sites for hydroxylation is 4. The van der Waals surface area contributed by atoms with E-state index in [0.717, 1.165) is 11.1 Å². The molecule has 0 spiro atoms. The number of carbonyl (C=O) groups excluding carboxylic acids is 1. The van der Waals surface area contributed by atoms with Gasteiger partial charge in [-0.1, -0.05) is 24.3 Å². The van der Waals surface area contributed by atoms with Gasteiger partial charge in [-0.2, -0.15) is 0 Å². The molecule has 0 saturated carbocycles. The molecule has 0 aromatic heterocycles. The van der Waals surface area contributed by atoms with E-state index in [2.05, 4.69) is 0 Å². The Bertz CT molecular complexity index is 742. The lowest BCUT2D eigenvalue weighted by molar-refractivity contribution is 0.0692. The smallest absolute Gasteiger partial charge is 0.336 e. The zero-order valence-corrected chi connectivity index (χ0v) is 12.7. The van der Waals surface area contributed by atoms with Crippen LogP contribution in [0, 0.1) is 27.7 Å². The van der Waals surface area contributed by atoms with Gasteiger partial charge in [0.15, 0.2) is 5.78 Å². The largest absolute Gasteiger partial charge is 0.478 e. The molecule has 0 fully saturated rings. The molecule has 2 aromatic rings. The molecule has 3 nitrogen and oxygen atoms in total. The van der Waals surface area contributed by atoms with Gasteiger partial charge in [-0.15, -0.1) is 0 Å². The molecule has 3 heteroatoms. The van der Waals surface area contributed by atoms with Gasteiger partial charge in [-0.05, 0) is 56.0 Å². The highest BCUT2D eigenvalue weighted by atomic mass is 16.4. The van der Waals surface area contributed by atoms with Crippen molar-refractivity contribution in [1.82, 2.24) is 0 Å². The van der Waals surface area contributed by atoms with Crippen molar-refractivity contribution in [1.29, 1.82) is 0 Å². The molecule has 0 aliphatic rings. The van der Waals surface area contributed by atoms with Gasteiger partial charge in [0.1, 0.15) is 0 Å². The number of benzene rings is 2. The topological polar surface area (TPSA) is 54.4 Å². The molecule has 0 saturated heterocycles. The summed E-state index contributed by atoms with van der Waals surface area (Å²) in [6.45, 7) is 7.39. The number of hydrogen-bond acceptors (Lipinski definition) is 2. The van der Waals surface area contributed by atoms with Crippen molar-refractivity contribution in [2.24, 2.45) is 0 Å². The van der Waals surface area contributed by atoms with E-state index >= 15 is 0 Å². The maximum Gasteiger partial charge on any atom is 0.336 e. The first-order valence-electron chi connectivity index (χ1n) is 6.78. The van der Waals surface area contributed by atoms with Crippen molar-refractivity contribution in [3.05, 3.63) is 69.3 Å². The van der Waals surface area contributed by atoms with Crippen LogP contribution >= 0.6 is 0 Å². The van der Waals surface area contributed by atoms with Crippen molar-refractivity contribution in [2.75, 3.05) is 0 Å². The van der Waals surface area contributed by atoms with Crippen molar-refractivity contribution < 1.29 is 14.7 Å². The van der Waals surface area contributed by atoms with Gasteiger partial charge < -0.3 is 5.11 Å². The Hall–Kier alpha value is -2.42. The summed E-state index contributed by atoms with van der Waals surface area (Å²) in [7, 11) is 0. The number of carbonyl (C=O) groups is 2. The van der Waals surface area contributed by atoms with E-state index in [4.69, 9.17) is 0 Å². The lowest BCUT2D eigenvalue weighted by atomic mass is 9.90. The van der Waals surface area contributed by atoms with Crippen LogP contribution in [0.3, 0.4) is 0 Å². The van der Waals surface area contributed by atoms with Crippen LogP contribution < -0.4 is 0 Å². The standard InChI is InChI=1S/C18H18O3/c1-10-7-8-14(9-13(10)4)17(19)15-11(2)5-6-12(3)16(15)18(20)21/h5-9H,1-4H3,(H,20,21). The van der Waals surface area contributed by atoms with Crippen LogP contribution in [0.1, 0.15) is 48.5 Å². The Balaban J connectivity index is 2.65. The summed E-state index contributed by atoms with van der Waals surface area (Å²) in [4.78, 5) is 24.2. The lowest BCUT2D eigenvalue weighted by Crippen LogP contribution is -2.13. The van der Waals surface area contributed by atoms with E-state index in [9.17, 15) is 14.7 Å². The third-order valence-corrected chi connectivity index (χ3v) is 3.83. The highest BCUT2D eigenvalue weighted by Crippen LogP contribution is 2.23. The van der Waals surface area contributed by atoms with Gasteiger partial charge in [0.25, 0.3) is 0 Å². The van der Waals surface area contributed by atoms with E-state index in [1.165, 1.54) is 0 Å². The van der Waals surface area contributed by atoms with Gasteiger partial charge >= 0.3 is 5.97 Å². The van der Waals surface area contributed by atoms with E-state index in [-0.39, 0.29) is 16.9 Å². The molecular formula is C18H18O3. The minimum Gasteiger partial charge on any atom is -0.478 e. The van der Waals surface area contributed by atoms with Crippen LogP contribution in [0.5, 0.6) is 0 Å². The van der Waals surface area contributed by atoms with Crippen LogP contribution in [0.25, 0.3) is 0 Å². The van der Waals surface area contributed by atoms with Gasteiger partial charge in [0, 0.05) is 11.1 Å². The summed E-state index contributed by atoms with van der Waals surface area (Å²) in [5.74, 6) is -1.31. The lowest BCUT2D eigenvalue weighted by Gasteiger charge is -2.12. The molecule has 0 atom stereocenters. The highest BCUT2D eigenvalue weighted by molar-refractivity contribution is 6.15. The summed E-state index contributed by atoms with van der Waals surface area (Å²) in [6.07, 6.45) is 0. The molecule has 0 aliphatic carbocycles. The number of hydrogen-bond donors (Lipinski definition) is 1. The number of carboxylic acids is 1. The van der Waals surface area contributed by atoms with E-state index in [0.29, 0.717) is 16.7 Å². The SMILES string of the molecule is Cc1ccc(C(=O)c2c(C)ccc(C)c2C(=O)O)cc1C. The van der Waals surface area contributed by atoms with Crippen molar-refractivity contribution in [3.8, 4) is 0 Å². The maximum absolute atomic E-state index is 12.7. The Morgan fingerprint density at radius 2 is 1.29 bits per heavy atom. The average Bonchev–Trinajstić information content (AvgIpc) is 2.43. The number of ketones is 1. The molecule has 0 heterocycles.